The molecule has 0 bridgehead atoms. The van der Waals surface area contributed by atoms with Gasteiger partial charge in [0, 0.05) is 6.61 Å². The van der Waals surface area contributed by atoms with E-state index in [2.05, 4.69) is 0 Å². The number of alkyl halides is 3. The van der Waals surface area contributed by atoms with Crippen LogP contribution < -0.4 is 4.74 Å². The van der Waals surface area contributed by atoms with Gasteiger partial charge in [0.2, 0.25) is 0 Å². The first-order valence-electron chi connectivity index (χ1n) is 5.86. The van der Waals surface area contributed by atoms with Crippen LogP contribution in [0.2, 0.25) is 0 Å². The molecule has 1 atom stereocenters. The number of hydrogen-bond donors (Lipinski definition) is 0. The molecule has 0 amide bonds. The maximum absolute atomic E-state index is 12.9. The lowest BCUT2D eigenvalue weighted by Gasteiger charge is -2.25. The van der Waals surface area contributed by atoms with Gasteiger partial charge in [-0.1, -0.05) is 0 Å². The van der Waals surface area contributed by atoms with Crippen LogP contribution in [-0.4, -0.2) is 19.3 Å². The molecular weight excluding hydrogens is 259 g/mol. The third kappa shape index (κ3) is 3.38. The summed E-state index contributed by atoms with van der Waals surface area (Å²) in [6.07, 6.45) is -3.49. The fraction of sp³-hybridized carbons (Fsp3) is 0.462. The van der Waals surface area contributed by atoms with Crippen molar-refractivity contribution < 1.29 is 22.6 Å². The van der Waals surface area contributed by atoms with Crippen LogP contribution in [-0.2, 0) is 10.9 Å². The van der Waals surface area contributed by atoms with Gasteiger partial charge in [-0.05, 0) is 31.0 Å². The van der Waals surface area contributed by atoms with Gasteiger partial charge in [0.25, 0.3) is 0 Å². The Hall–Kier alpha value is -1.74. The highest BCUT2D eigenvalue weighted by molar-refractivity contribution is 5.43. The maximum Gasteiger partial charge on any atom is 0.420 e. The summed E-state index contributed by atoms with van der Waals surface area (Å²) in [7, 11) is 0. The quantitative estimate of drug-likeness (QED) is 0.829. The molecule has 6 heteroatoms. The first-order chi connectivity index (χ1) is 9.00. The molecule has 0 saturated carbocycles. The smallest absolute Gasteiger partial charge is 0.420 e. The summed E-state index contributed by atoms with van der Waals surface area (Å²) in [6.45, 7) is 0.899. The predicted octanol–water partition coefficient (Wildman–Crippen LogP) is 3.13. The first kappa shape index (κ1) is 13.7. The zero-order valence-corrected chi connectivity index (χ0v) is 10.0. The van der Waals surface area contributed by atoms with Gasteiger partial charge in [-0.3, -0.25) is 0 Å². The van der Waals surface area contributed by atoms with Crippen molar-refractivity contribution in [1.82, 2.24) is 0 Å². The van der Waals surface area contributed by atoms with E-state index in [9.17, 15) is 13.2 Å². The van der Waals surface area contributed by atoms with Crippen LogP contribution in [0.1, 0.15) is 24.0 Å². The Labute approximate surface area is 108 Å². The predicted molar refractivity (Wildman–Crippen MR) is 60.6 cm³/mol. The van der Waals surface area contributed by atoms with Crippen LogP contribution in [0.5, 0.6) is 5.75 Å². The average molecular weight is 271 g/mol. The lowest BCUT2D eigenvalue weighted by atomic mass is 10.1. The van der Waals surface area contributed by atoms with Gasteiger partial charge in [0.1, 0.15) is 11.9 Å². The molecule has 0 radical (unpaired) electrons. The Morgan fingerprint density at radius 2 is 2.16 bits per heavy atom. The minimum atomic E-state index is -4.54. The first-order valence-corrected chi connectivity index (χ1v) is 5.86. The van der Waals surface area contributed by atoms with E-state index in [-0.39, 0.29) is 24.0 Å². The molecule has 1 aromatic rings. The van der Waals surface area contributed by atoms with E-state index < -0.39 is 11.7 Å². The third-order valence-corrected chi connectivity index (χ3v) is 2.83. The van der Waals surface area contributed by atoms with E-state index in [4.69, 9.17) is 14.7 Å². The lowest BCUT2D eigenvalue weighted by Crippen LogP contribution is -2.28. The molecule has 1 aliphatic rings. The maximum atomic E-state index is 12.9. The van der Waals surface area contributed by atoms with Gasteiger partial charge in [-0.25, -0.2) is 0 Å². The molecule has 2 rings (SSSR count). The second kappa shape index (κ2) is 5.49. The molecule has 1 aliphatic heterocycles. The molecular formula is C13H12F3NO2. The Morgan fingerprint density at radius 1 is 1.37 bits per heavy atom. The summed E-state index contributed by atoms with van der Waals surface area (Å²) in [5.41, 5.74) is -0.961. The summed E-state index contributed by atoms with van der Waals surface area (Å²) in [5, 5.41) is 8.66. The van der Waals surface area contributed by atoms with Crippen LogP contribution in [0, 0.1) is 11.3 Å². The highest BCUT2D eigenvalue weighted by Gasteiger charge is 2.35. The Kier molecular flexibility index (Phi) is 3.96. The minimum Gasteiger partial charge on any atom is -0.487 e. The van der Waals surface area contributed by atoms with Crippen molar-refractivity contribution >= 4 is 0 Å². The van der Waals surface area contributed by atoms with E-state index in [1.54, 1.807) is 6.07 Å². The molecule has 3 nitrogen and oxygen atoms in total. The van der Waals surface area contributed by atoms with Gasteiger partial charge in [0.05, 0.1) is 23.8 Å². The summed E-state index contributed by atoms with van der Waals surface area (Å²) >= 11 is 0. The van der Waals surface area contributed by atoms with Crippen molar-refractivity contribution in [3.8, 4) is 11.8 Å². The fourth-order valence-electron chi connectivity index (χ4n) is 1.91. The summed E-state index contributed by atoms with van der Waals surface area (Å²) in [6, 6.07) is 5.00. The molecule has 1 heterocycles. The number of hydrogen-bond acceptors (Lipinski definition) is 3. The zero-order chi connectivity index (χ0) is 13.9. The Balaban J connectivity index is 2.26. The Bertz CT molecular complexity index is 488. The number of nitriles is 1. The Morgan fingerprint density at radius 3 is 2.74 bits per heavy atom. The summed E-state index contributed by atoms with van der Waals surface area (Å²) in [4.78, 5) is 0. The van der Waals surface area contributed by atoms with Gasteiger partial charge in [-0.15, -0.1) is 0 Å². The molecule has 0 N–H and O–H groups in total. The van der Waals surface area contributed by atoms with E-state index in [1.165, 1.54) is 12.1 Å². The van der Waals surface area contributed by atoms with Crippen molar-refractivity contribution in [2.45, 2.75) is 25.1 Å². The second-order valence-electron chi connectivity index (χ2n) is 4.28. The van der Waals surface area contributed by atoms with Crippen molar-refractivity contribution in [3.05, 3.63) is 29.3 Å². The van der Waals surface area contributed by atoms with Crippen LogP contribution in [0.25, 0.3) is 0 Å². The number of benzene rings is 1. The van der Waals surface area contributed by atoms with Crippen molar-refractivity contribution in [2.75, 3.05) is 13.2 Å². The third-order valence-electron chi connectivity index (χ3n) is 2.83. The van der Waals surface area contributed by atoms with Crippen molar-refractivity contribution in [2.24, 2.45) is 0 Å². The molecule has 0 aromatic heterocycles. The standard InChI is InChI=1S/C13H12F3NO2/c14-13(15,16)11-6-9(7-17)3-4-12(11)19-10-2-1-5-18-8-10/h3-4,6,10H,1-2,5,8H2. The fourth-order valence-corrected chi connectivity index (χ4v) is 1.91. The van der Waals surface area contributed by atoms with Crippen molar-refractivity contribution in [1.29, 1.82) is 5.26 Å². The largest absolute Gasteiger partial charge is 0.487 e. The molecule has 19 heavy (non-hydrogen) atoms. The molecule has 1 fully saturated rings. The van der Waals surface area contributed by atoms with Crippen LogP contribution in [0.15, 0.2) is 18.2 Å². The van der Waals surface area contributed by atoms with Gasteiger partial charge in [-0.2, -0.15) is 18.4 Å². The number of nitrogens with zero attached hydrogens (tertiary/aromatic N) is 1. The highest BCUT2D eigenvalue weighted by atomic mass is 19.4. The minimum absolute atomic E-state index is 0.0421. The second-order valence-corrected chi connectivity index (χ2v) is 4.28. The molecule has 0 aliphatic carbocycles. The molecule has 102 valence electrons. The van der Waals surface area contributed by atoms with Crippen LogP contribution in [0.3, 0.4) is 0 Å². The molecule has 0 spiro atoms. The van der Waals surface area contributed by atoms with Crippen LogP contribution in [0.4, 0.5) is 13.2 Å². The van der Waals surface area contributed by atoms with E-state index in [0.29, 0.717) is 13.0 Å². The topological polar surface area (TPSA) is 42.2 Å². The van der Waals surface area contributed by atoms with E-state index in [0.717, 1.165) is 12.5 Å². The van der Waals surface area contributed by atoms with Gasteiger partial charge < -0.3 is 9.47 Å². The SMILES string of the molecule is N#Cc1ccc(OC2CCCOC2)c(C(F)(F)F)c1. The summed E-state index contributed by atoms with van der Waals surface area (Å²) in [5.74, 6) is -0.248. The van der Waals surface area contributed by atoms with Crippen molar-refractivity contribution in [3.63, 3.8) is 0 Å². The average Bonchev–Trinajstić information content (AvgIpc) is 2.39. The molecule has 1 unspecified atom stereocenters. The highest BCUT2D eigenvalue weighted by Crippen LogP contribution is 2.37. The normalized spacial score (nSPS) is 19.8. The van der Waals surface area contributed by atoms with Gasteiger partial charge in [0.15, 0.2) is 0 Å². The molecule has 1 saturated heterocycles. The van der Waals surface area contributed by atoms with E-state index >= 15 is 0 Å². The lowest BCUT2D eigenvalue weighted by molar-refractivity contribution is -0.139. The van der Waals surface area contributed by atoms with Gasteiger partial charge >= 0.3 is 6.18 Å². The summed E-state index contributed by atoms with van der Waals surface area (Å²) < 4.78 is 49.2. The monoisotopic (exact) mass is 271 g/mol. The molecule has 1 aromatic carbocycles. The zero-order valence-electron chi connectivity index (χ0n) is 10.0. The number of halogens is 3. The number of rotatable bonds is 2. The van der Waals surface area contributed by atoms with E-state index in [1.807, 2.05) is 0 Å². The van der Waals surface area contributed by atoms with Crippen LogP contribution >= 0.6 is 0 Å². The number of ether oxygens (including phenoxy) is 2.